The van der Waals surface area contributed by atoms with Gasteiger partial charge in [-0.3, -0.25) is 15.0 Å². The summed E-state index contributed by atoms with van der Waals surface area (Å²) >= 11 is 0. The van der Waals surface area contributed by atoms with Gasteiger partial charge in [0, 0.05) is 23.0 Å². The lowest BCUT2D eigenvalue weighted by Crippen LogP contribution is -2.26. The minimum Gasteiger partial charge on any atom is -0.357 e. The highest BCUT2D eigenvalue weighted by atomic mass is 16.5. The van der Waals surface area contributed by atoms with Crippen molar-refractivity contribution >= 4 is 16.8 Å². The van der Waals surface area contributed by atoms with E-state index in [9.17, 15) is 4.79 Å². The number of carbonyl (C=O) groups excluding carboxylic acids is 1. The Morgan fingerprint density at radius 1 is 1.19 bits per heavy atom. The maximum Gasteiger partial charge on any atom is 0.247 e. The van der Waals surface area contributed by atoms with Crippen molar-refractivity contribution in [3.8, 4) is 0 Å². The molecule has 2 aromatic carbocycles. The number of hydroxylamine groups is 1. The molecule has 1 aliphatic heterocycles. The average Bonchev–Trinajstić information content (AvgIpc) is 3.39. The lowest BCUT2D eigenvalue weighted by atomic mass is 9.99. The fraction of sp³-hybridized carbons (Fsp3) is 0.292. The van der Waals surface area contributed by atoms with Crippen molar-refractivity contribution in [1.29, 1.82) is 0 Å². The molecule has 3 N–H and O–H groups in total. The zero-order valence-electron chi connectivity index (χ0n) is 17.7. The second kappa shape index (κ2) is 9.14. The van der Waals surface area contributed by atoms with Gasteiger partial charge < -0.3 is 4.98 Å². The number of nitrogens with zero attached hydrogens (tertiary/aromatic N) is 3. The van der Waals surface area contributed by atoms with E-state index in [-0.39, 0.29) is 12.5 Å². The lowest BCUT2D eigenvalue weighted by molar-refractivity contribution is -0.128. The highest BCUT2D eigenvalue weighted by molar-refractivity contribution is 5.81. The Morgan fingerprint density at radius 3 is 2.74 bits per heavy atom. The van der Waals surface area contributed by atoms with Crippen LogP contribution in [0.5, 0.6) is 0 Å². The number of rotatable bonds is 7. The summed E-state index contributed by atoms with van der Waals surface area (Å²) in [6.45, 7) is 4.84. The molecule has 1 atom stereocenters. The number of aromatic nitrogens is 1. The van der Waals surface area contributed by atoms with Gasteiger partial charge in [0.15, 0.2) is 0 Å². The van der Waals surface area contributed by atoms with E-state index in [1.54, 1.807) is 11.6 Å². The second-order valence-corrected chi connectivity index (χ2v) is 8.22. The van der Waals surface area contributed by atoms with Crippen LogP contribution in [0.25, 0.3) is 10.9 Å². The Bertz CT molecular complexity index is 1120. The van der Waals surface area contributed by atoms with E-state index < -0.39 is 5.91 Å². The van der Waals surface area contributed by atoms with Crippen molar-refractivity contribution in [2.75, 3.05) is 6.54 Å². The van der Waals surface area contributed by atoms with Gasteiger partial charge in [0.25, 0.3) is 0 Å². The molecule has 0 saturated carbocycles. The molecule has 1 aliphatic rings. The van der Waals surface area contributed by atoms with E-state index in [0.717, 1.165) is 23.3 Å². The number of hydrogen-bond donors (Lipinski definition) is 3. The van der Waals surface area contributed by atoms with E-state index in [0.29, 0.717) is 12.5 Å². The normalized spacial score (nSPS) is 15.9. The van der Waals surface area contributed by atoms with Crippen LogP contribution in [0.4, 0.5) is 0 Å². The smallest absolute Gasteiger partial charge is 0.247 e. The van der Waals surface area contributed by atoms with Crippen molar-refractivity contribution in [2.45, 2.75) is 32.7 Å². The van der Waals surface area contributed by atoms with Gasteiger partial charge in [0.1, 0.15) is 0 Å². The quantitative estimate of drug-likeness (QED) is 0.376. The van der Waals surface area contributed by atoms with E-state index in [4.69, 9.17) is 5.21 Å². The van der Waals surface area contributed by atoms with Gasteiger partial charge in [0.2, 0.25) is 5.91 Å². The predicted molar refractivity (Wildman–Crippen MR) is 119 cm³/mol. The molecule has 1 unspecified atom stereocenters. The number of aromatic amines is 1. The SMILES string of the molecule is CC(C)C(c1cc2cc(Cc3ccccc3)ccc2[nH]1)N1C/C(=C/CC(=O)NO)N=N1. The molecule has 0 fully saturated rings. The summed E-state index contributed by atoms with van der Waals surface area (Å²) in [6.07, 6.45) is 2.66. The largest absolute Gasteiger partial charge is 0.357 e. The Kier molecular flexibility index (Phi) is 6.13. The van der Waals surface area contributed by atoms with Crippen LogP contribution in [0.1, 0.15) is 43.1 Å². The van der Waals surface area contributed by atoms with E-state index in [1.165, 1.54) is 16.5 Å². The molecule has 2 heterocycles. The number of carbonyl (C=O) groups is 1. The van der Waals surface area contributed by atoms with Crippen molar-refractivity contribution < 1.29 is 10.0 Å². The monoisotopic (exact) mass is 417 g/mol. The first-order valence-corrected chi connectivity index (χ1v) is 10.5. The van der Waals surface area contributed by atoms with Crippen LogP contribution >= 0.6 is 0 Å². The van der Waals surface area contributed by atoms with Crippen molar-refractivity contribution in [2.24, 2.45) is 16.3 Å². The second-order valence-electron chi connectivity index (χ2n) is 8.22. The van der Waals surface area contributed by atoms with E-state index in [1.807, 2.05) is 11.1 Å². The highest BCUT2D eigenvalue weighted by Gasteiger charge is 2.28. The number of benzene rings is 2. The Balaban J connectivity index is 1.54. The van der Waals surface area contributed by atoms with Crippen LogP contribution < -0.4 is 5.48 Å². The molecule has 0 bridgehead atoms. The van der Waals surface area contributed by atoms with Gasteiger partial charge in [-0.25, -0.2) is 5.48 Å². The standard InChI is InChI=1S/C24H27N5O2/c1-16(2)24(29-15-20(26-28-29)9-11-23(30)27-31)22-14-19-13-18(8-10-21(19)25-22)12-17-6-4-3-5-7-17/h3-10,13-14,16,24-25,31H,11-12,15H2,1-2H3,(H,27,30)/b20-9-. The fourth-order valence-electron chi connectivity index (χ4n) is 4.03. The predicted octanol–water partition coefficient (Wildman–Crippen LogP) is 4.92. The minimum atomic E-state index is -0.469. The van der Waals surface area contributed by atoms with Crippen LogP contribution in [0.15, 0.2) is 76.7 Å². The fourth-order valence-corrected chi connectivity index (χ4v) is 4.03. The van der Waals surface area contributed by atoms with Crippen molar-refractivity contribution in [3.05, 3.63) is 83.2 Å². The van der Waals surface area contributed by atoms with Gasteiger partial charge in [-0.1, -0.05) is 55.5 Å². The molecule has 4 rings (SSSR count). The number of nitrogens with one attached hydrogen (secondary N) is 2. The van der Waals surface area contributed by atoms with Crippen molar-refractivity contribution in [1.82, 2.24) is 15.5 Å². The summed E-state index contributed by atoms with van der Waals surface area (Å²) in [5, 5.41) is 20.3. The molecule has 31 heavy (non-hydrogen) atoms. The van der Waals surface area contributed by atoms with E-state index in [2.05, 4.69) is 77.7 Å². The van der Waals surface area contributed by atoms with Crippen molar-refractivity contribution in [3.63, 3.8) is 0 Å². The third-order valence-electron chi connectivity index (χ3n) is 5.49. The van der Waals surface area contributed by atoms with Crippen LogP contribution in [0, 0.1) is 5.92 Å². The summed E-state index contributed by atoms with van der Waals surface area (Å²) in [7, 11) is 0. The highest BCUT2D eigenvalue weighted by Crippen LogP contribution is 2.34. The Morgan fingerprint density at radius 2 is 2.00 bits per heavy atom. The third-order valence-corrected chi connectivity index (χ3v) is 5.49. The average molecular weight is 418 g/mol. The third kappa shape index (κ3) is 4.83. The number of fused-ring (bicyclic) bond motifs is 1. The zero-order valence-corrected chi connectivity index (χ0v) is 17.7. The Hall–Kier alpha value is -3.45. The first-order valence-electron chi connectivity index (χ1n) is 10.5. The number of amides is 1. The topological polar surface area (TPSA) is 93.1 Å². The first kappa shape index (κ1) is 20.8. The maximum atomic E-state index is 11.3. The van der Waals surface area contributed by atoms with E-state index >= 15 is 0 Å². The molecule has 0 spiro atoms. The summed E-state index contributed by atoms with van der Waals surface area (Å²) in [6, 6.07) is 19.2. The zero-order chi connectivity index (χ0) is 21.8. The van der Waals surface area contributed by atoms with Gasteiger partial charge in [0.05, 0.1) is 18.3 Å². The number of H-pyrrole nitrogens is 1. The molecule has 3 aromatic rings. The molecule has 7 heteroatoms. The molecular weight excluding hydrogens is 390 g/mol. The van der Waals surface area contributed by atoms with Crippen LogP contribution in [0.3, 0.4) is 0 Å². The van der Waals surface area contributed by atoms with Gasteiger partial charge in [-0.15, -0.1) is 5.11 Å². The summed E-state index contributed by atoms with van der Waals surface area (Å²) in [4.78, 5) is 14.8. The van der Waals surface area contributed by atoms with Crippen LogP contribution in [-0.2, 0) is 11.2 Å². The van der Waals surface area contributed by atoms with Gasteiger partial charge in [-0.2, -0.15) is 0 Å². The molecule has 1 amide bonds. The molecule has 1 aromatic heterocycles. The molecule has 0 radical (unpaired) electrons. The van der Waals surface area contributed by atoms with Gasteiger partial charge in [-0.05, 0) is 47.7 Å². The molecule has 0 aliphatic carbocycles. The molecule has 0 saturated heterocycles. The Labute approximate surface area is 181 Å². The summed E-state index contributed by atoms with van der Waals surface area (Å²) < 4.78 is 0. The minimum absolute atomic E-state index is 0.0336. The first-order chi connectivity index (χ1) is 15.0. The summed E-state index contributed by atoms with van der Waals surface area (Å²) in [5.41, 5.74) is 7.11. The maximum absolute atomic E-state index is 11.3. The van der Waals surface area contributed by atoms with Crippen LogP contribution in [-0.4, -0.2) is 27.7 Å². The summed E-state index contributed by atoms with van der Waals surface area (Å²) in [5.74, 6) is -0.167. The lowest BCUT2D eigenvalue weighted by Gasteiger charge is -2.27. The molecule has 7 nitrogen and oxygen atoms in total. The van der Waals surface area contributed by atoms with Crippen LogP contribution in [0.2, 0.25) is 0 Å². The van der Waals surface area contributed by atoms with Gasteiger partial charge >= 0.3 is 0 Å². The molecular formula is C24H27N5O2. The number of hydrogen-bond acceptors (Lipinski definition) is 5. The molecule has 160 valence electrons.